The Morgan fingerprint density at radius 1 is 1.47 bits per heavy atom. The molecule has 0 radical (unpaired) electrons. The van der Waals surface area contributed by atoms with E-state index in [1.807, 2.05) is 24.7 Å². The van der Waals surface area contributed by atoms with E-state index in [0.29, 0.717) is 11.5 Å². The number of ketones is 1. The van der Waals surface area contributed by atoms with Crippen LogP contribution in [0.5, 0.6) is 0 Å². The highest BCUT2D eigenvalue weighted by atomic mass is 16.1. The van der Waals surface area contributed by atoms with Crippen LogP contribution in [0.25, 0.3) is 0 Å². The molecule has 0 amide bonds. The Bertz CT molecular complexity index is 340. The third-order valence-corrected chi connectivity index (χ3v) is 2.94. The Kier molecular flexibility index (Phi) is 5.91. The molecule has 4 heteroatoms. The van der Waals surface area contributed by atoms with E-state index in [1.54, 1.807) is 13.1 Å². The van der Waals surface area contributed by atoms with Crippen molar-refractivity contribution in [3.05, 3.63) is 18.0 Å². The summed E-state index contributed by atoms with van der Waals surface area (Å²) in [5, 5.41) is 7.55. The summed E-state index contributed by atoms with van der Waals surface area (Å²) in [5.41, 5.74) is 0.712. The molecule has 0 aliphatic carbocycles. The SMILES string of the molecule is CC.CC(=O)c1cnn(CC2CCNCC2)c1. The maximum Gasteiger partial charge on any atom is 0.162 e. The monoisotopic (exact) mass is 237 g/mol. The lowest BCUT2D eigenvalue weighted by Gasteiger charge is -2.22. The van der Waals surface area contributed by atoms with Gasteiger partial charge < -0.3 is 5.32 Å². The fourth-order valence-corrected chi connectivity index (χ4v) is 1.97. The largest absolute Gasteiger partial charge is 0.317 e. The first-order valence-corrected chi connectivity index (χ1v) is 6.50. The van der Waals surface area contributed by atoms with Gasteiger partial charge in [-0.1, -0.05) is 13.8 Å². The number of piperidine rings is 1. The van der Waals surface area contributed by atoms with Crippen molar-refractivity contribution in [1.29, 1.82) is 0 Å². The number of carbonyl (C=O) groups excluding carboxylic acids is 1. The molecule has 4 nitrogen and oxygen atoms in total. The van der Waals surface area contributed by atoms with Crippen molar-refractivity contribution in [2.45, 2.75) is 40.2 Å². The van der Waals surface area contributed by atoms with Gasteiger partial charge in [0, 0.05) is 12.7 Å². The van der Waals surface area contributed by atoms with Gasteiger partial charge in [0.15, 0.2) is 5.78 Å². The molecule has 0 aromatic carbocycles. The van der Waals surface area contributed by atoms with Gasteiger partial charge in [0.25, 0.3) is 0 Å². The van der Waals surface area contributed by atoms with E-state index < -0.39 is 0 Å². The van der Waals surface area contributed by atoms with E-state index in [-0.39, 0.29) is 5.78 Å². The molecule has 0 unspecified atom stereocenters. The molecule has 1 aromatic rings. The van der Waals surface area contributed by atoms with Crippen LogP contribution in [0.2, 0.25) is 0 Å². The summed E-state index contributed by atoms with van der Waals surface area (Å²) < 4.78 is 1.90. The summed E-state index contributed by atoms with van der Waals surface area (Å²) in [7, 11) is 0. The summed E-state index contributed by atoms with van der Waals surface area (Å²) in [6.45, 7) is 8.72. The van der Waals surface area contributed by atoms with Crippen LogP contribution in [0.4, 0.5) is 0 Å². The molecule has 96 valence electrons. The van der Waals surface area contributed by atoms with Gasteiger partial charge in [-0.05, 0) is 38.8 Å². The fourth-order valence-electron chi connectivity index (χ4n) is 1.97. The van der Waals surface area contributed by atoms with Crippen LogP contribution in [-0.4, -0.2) is 28.7 Å². The van der Waals surface area contributed by atoms with Crippen LogP contribution in [0.3, 0.4) is 0 Å². The van der Waals surface area contributed by atoms with Crippen LogP contribution in [0.15, 0.2) is 12.4 Å². The van der Waals surface area contributed by atoms with E-state index in [9.17, 15) is 4.79 Å². The van der Waals surface area contributed by atoms with Crippen LogP contribution >= 0.6 is 0 Å². The van der Waals surface area contributed by atoms with E-state index in [2.05, 4.69) is 10.4 Å². The number of aromatic nitrogens is 2. The molecule has 1 saturated heterocycles. The second kappa shape index (κ2) is 7.22. The van der Waals surface area contributed by atoms with Gasteiger partial charge in [0.1, 0.15) is 0 Å². The minimum absolute atomic E-state index is 0.0894. The van der Waals surface area contributed by atoms with Crippen LogP contribution in [-0.2, 0) is 6.54 Å². The Morgan fingerprint density at radius 2 is 2.12 bits per heavy atom. The van der Waals surface area contributed by atoms with E-state index >= 15 is 0 Å². The summed E-state index contributed by atoms with van der Waals surface area (Å²) in [6.07, 6.45) is 5.91. The molecule has 2 heterocycles. The van der Waals surface area contributed by atoms with Crippen molar-refractivity contribution >= 4 is 5.78 Å². The molecular formula is C13H23N3O. The highest BCUT2D eigenvalue weighted by Gasteiger charge is 2.14. The number of Topliss-reactive ketones (excluding diaryl/α,β-unsaturated/α-hetero) is 1. The molecule has 1 fully saturated rings. The van der Waals surface area contributed by atoms with E-state index in [4.69, 9.17) is 0 Å². The first kappa shape index (κ1) is 13.9. The molecule has 1 aliphatic rings. The summed E-state index contributed by atoms with van der Waals surface area (Å²) in [4.78, 5) is 11.1. The van der Waals surface area contributed by atoms with Gasteiger partial charge in [-0.3, -0.25) is 9.48 Å². The zero-order valence-corrected chi connectivity index (χ0v) is 11.1. The maximum atomic E-state index is 11.1. The fraction of sp³-hybridized carbons (Fsp3) is 0.692. The summed E-state index contributed by atoms with van der Waals surface area (Å²) >= 11 is 0. The smallest absolute Gasteiger partial charge is 0.162 e. The Balaban J connectivity index is 0.000000686. The zero-order chi connectivity index (χ0) is 12.7. The van der Waals surface area contributed by atoms with Crippen molar-refractivity contribution in [3.63, 3.8) is 0 Å². The lowest BCUT2D eigenvalue weighted by atomic mass is 9.98. The zero-order valence-electron chi connectivity index (χ0n) is 11.1. The van der Waals surface area contributed by atoms with E-state index in [1.165, 1.54) is 12.8 Å². The van der Waals surface area contributed by atoms with Crippen LogP contribution in [0, 0.1) is 5.92 Å². The van der Waals surface area contributed by atoms with Crippen molar-refractivity contribution in [2.75, 3.05) is 13.1 Å². The molecule has 17 heavy (non-hydrogen) atoms. The van der Waals surface area contributed by atoms with Gasteiger partial charge >= 0.3 is 0 Å². The van der Waals surface area contributed by atoms with Gasteiger partial charge in [-0.25, -0.2) is 0 Å². The quantitative estimate of drug-likeness (QED) is 0.819. The van der Waals surface area contributed by atoms with E-state index in [0.717, 1.165) is 19.6 Å². The Morgan fingerprint density at radius 3 is 2.65 bits per heavy atom. The Hall–Kier alpha value is -1.16. The van der Waals surface area contributed by atoms with Gasteiger partial charge in [-0.15, -0.1) is 0 Å². The Labute approximate surface area is 103 Å². The second-order valence-corrected chi connectivity index (χ2v) is 4.20. The van der Waals surface area contributed by atoms with Gasteiger partial charge in [0.2, 0.25) is 0 Å². The number of carbonyl (C=O) groups is 1. The summed E-state index contributed by atoms with van der Waals surface area (Å²) in [6, 6.07) is 0. The number of nitrogens with zero attached hydrogens (tertiary/aromatic N) is 2. The summed E-state index contributed by atoms with van der Waals surface area (Å²) in [5.74, 6) is 0.789. The first-order chi connectivity index (χ1) is 8.25. The number of hydrogen-bond donors (Lipinski definition) is 1. The third-order valence-electron chi connectivity index (χ3n) is 2.94. The predicted octanol–water partition coefficient (Wildman–Crippen LogP) is 2.11. The van der Waals surface area contributed by atoms with Crippen molar-refractivity contribution in [3.8, 4) is 0 Å². The van der Waals surface area contributed by atoms with Gasteiger partial charge in [0.05, 0.1) is 11.8 Å². The molecule has 1 N–H and O–H groups in total. The molecule has 0 saturated carbocycles. The predicted molar refractivity (Wildman–Crippen MR) is 69.2 cm³/mol. The topological polar surface area (TPSA) is 46.9 Å². The molecule has 1 aromatic heterocycles. The average molecular weight is 237 g/mol. The number of rotatable bonds is 3. The van der Waals surface area contributed by atoms with Crippen molar-refractivity contribution in [2.24, 2.45) is 5.92 Å². The standard InChI is InChI=1S/C11H17N3O.C2H6/c1-9(15)11-6-13-14(8-11)7-10-2-4-12-5-3-10;1-2/h6,8,10,12H,2-5,7H2,1H3;1-2H3. The van der Waals surface area contributed by atoms with Crippen molar-refractivity contribution in [1.82, 2.24) is 15.1 Å². The number of hydrogen-bond acceptors (Lipinski definition) is 3. The molecule has 0 atom stereocenters. The maximum absolute atomic E-state index is 11.1. The normalized spacial score (nSPS) is 16.2. The molecule has 0 spiro atoms. The van der Waals surface area contributed by atoms with Crippen LogP contribution in [0.1, 0.15) is 44.0 Å². The minimum Gasteiger partial charge on any atom is -0.317 e. The molecule has 2 rings (SSSR count). The molecule has 0 bridgehead atoms. The molecular weight excluding hydrogens is 214 g/mol. The highest BCUT2D eigenvalue weighted by Crippen LogP contribution is 2.14. The van der Waals surface area contributed by atoms with Gasteiger partial charge in [-0.2, -0.15) is 5.10 Å². The highest BCUT2D eigenvalue weighted by molar-refractivity contribution is 5.93. The second-order valence-electron chi connectivity index (χ2n) is 4.20. The van der Waals surface area contributed by atoms with Crippen molar-refractivity contribution < 1.29 is 4.79 Å². The lowest BCUT2D eigenvalue weighted by Crippen LogP contribution is -2.29. The molecule has 1 aliphatic heterocycles. The first-order valence-electron chi connectivity index (χ1n) is 6.50. The average Bonchev–Trinajstić information content (AvgIpc) is 2.82. The van der Waals surface area contributed by atoms with Crippen LogP contribution < -0.4 is 5.32 Å². The lowest BCUT2D eigenvalue weighted by molar-refractivity contribution is 0.101. The minimum atomic E-state index is 0.0894. The third kappa shape index (κ3) is 4.30. The number of nitrogens with one attached hydrogen (secondary N) is 1.